The van der Waals surface area contributed by atoms with Crippen LogP contribution in [0, 0.1) is 6.92 Å². The van der Waals surface area contributed by atoms with Gasteiger partial charge in [0.2, 0.25) is 0 Å². The first-order valence-corrected chi connectivity index (χ1v) is 3.85. The number of carboxylic acid groups (broad SMARTS) is 1. The molecule has 0 spiro atoms. The van der Waals surface area contributed by atoms with Crippen LogP contribution in [0.3, 0.4) is 0 Å². The molecule has 4 nitrogen and oxygen atoms in total. The Bertz CT molecular complexity index is 473. The van der Waals surface area contributed by atoms with Crippen LogP contribution in [0.1, 0.15) is 15.9 Å². The summed E-state index contributed by atoms with van der Waals surface area (Å²) in [7, 11) is 0. The van der Waals surface area contributed by atoms with Crippen molar-refractivity contribution in [1.29, 1.82) is 0 Å². The van der Waals surface area contributed by atoms with E-state index in [1.165, 1.54) is 0 Å². The maximum Gasteiger partial charge on any atom is 0.337 e. The molecule has 0 radical (unpaired) electrons. The maximum absolute atomic E-state index is 10.8. The monoisotopic (exact) mass is 176 g/mol. The molecule has 0 bridgehead atoms. The van der Waals surface area contributed by atoms with E-state index in [0.29, 0.717) is 5.56 Å². The molecule has 0 fully saturated rings. The molecule has 0 saturated carbocycles. The van der Waals surface area contributed by atoms with Crippen molar-refractivity contribution in [2.75, 3.05) is 0 Å². The van der Waals surface area contributed by atoms with Gasteiger partial charge in [-0.1, -0.05) is 0 Å². The average molecular weight is 176 g/mol. The Kier molecular flexibility index (Phi) is 1.55. The van der Waals surface area contributed by atoms with Crippen LogP contribution in [-0.2, 0) is 0 Å². The molecule has 0 unspecified atom stereocenters. The minimum Gasteiger partial charge on any atom is -0.478 e. The zero-order valence-corrected chi connectivity index (χ0v) is 7.06. The molecule has 66 valence electrons. The van der Waals surface area contributed by atoms with Crippen LogP contribution in [0.25, 0.3) is 5.65 Å². The van der Waals surface area contributed by atoms with Crippen LogP contribution in [0.4, 0.5) is 0 Å². The molecule has 0 amide bonds. The zero-order chi connectivity index (χ0) is 9.42. The molecule has 2 rings (SSSR count). The Balaban J connectivity index is 2.76. The molecular formula is C9H8N2O2. The molecule has 2 aromatic heterocycles. The number of fused-ring (bicyclic) bond motifs is 1. The predicted octanol–water partition coefficient (Wildman–Crippen LogP) is 1.34. The summed E-state index contributed by atoms with van der Waals surface area (Å²) < 4.78 is 1.69. The number of pyridine rings is 1. The Labute approximate surface area is 74.5 Å². The van der Waals surface area contributed by atoms with Gasteiger partial charge < -0.3 is 9.51 Å². The van der Waals surface area contributed by atoms with Gasteiger partial charge in [0, 0.05) is 18.6 Å². The van der Waals surface area contributed by atoms with E-state index in [9.17, 15) is 4.79 Å². The van der Waals surface area contributed by atoms with E-state index in [1.807, 2.05) is 0 Å². The molecular weight excluding hydrogens is 168 g/mol. The van der Waals surface area contributed by atoms with E-state index in [1.54, 1.807) is 36.0 Å². The van der Waals surface area contributed by atoms with Gasteiger partial charge in [-0.2, -0.15) is 0 Å². The molecule has 4 heteroatoms. The number of hydrogen-bond donors (Lipinski definition) is 1. The number of nitrogens with zero attached hydrogens (tertiary/aromatic N) is 2. The van der Waals surface area contributed by atoms with Gasteiger partial charge in [0.1, 0.15) is 5.65 Å². The molecule has 13 heavy (non-hydrogen) atoms. The number of aromatic nitrogens is 2. The van der Waals surface area contributed by atoms with Crippen molar-refractivity contribution >= 4 is 11.6 Å². The first-order valence-electron chi connectivity index (χ1n) is 3.85. The van der Waals surface area contributed by atoms with Gasteiger partial charge in [0.15, 0.2) is 0 Å². The number of rotatable bonds is 1. The van der Waals surface area contributed by atoms with Crippen molar-refractivity contribution < 1.29 is 9.90 Å². The van der Waals surface area contributed by atoms with Gasteiger partial charge >= 0.3 is 5.97 Å². The van der Waals surface area contributed by atoms with Crippen molar-refractivity contribution in [3.63, 3.8) is 0 Å². The third-order valence-corrected chi connectivity index (χ3v) is 1.97. The number of carbonyl (C=O) groups is 1. The zero-order valence-electron chi connectivity index (χ0n) is 7.06. The SMILES string of the molecule is Cc1cc2nccn2cc1C(=O)O. The summed E-state index contributed by atoms with van der Waals surface area (Å²) in [5, 5.41) is 8.83. The predicted molar refractivity (Wildman–Crippen MR) is 46.9 cm³/mol. The van der Waals surface area contributed by atoms with Crippen molar-refractivity contribution in [3.8, 4) is 0 Å². The minimum atomic E-state index is -0.909. The number of imidazole rings is 1. The quantitative estimate of drug-likeness (QED) is 0.713. The molecule has 0 saturated heterocycles. The smallest absolute Gasteiger partial charge is 0.337 e. The van der Waals surface area contributed by atoms with Crippen LogP contribution in [0.2, 0.25) is 0 Å². The first-order chi connectivity index (χ1) is 6.18. The lowest BCUT2D eigenvalue weighted by molar-refractivity contribution is 0.0695. The lowest BCUT2D eigenvalue weighted by Gasteiger charge is -2.01. The van der Waals surface area contributed by atoms with Crippen molar-refractivity contribution in [2.45, 2.75) is 6.92 Å². The summed E-state index contributed by atoms with van der Waals surface area (Å²) >= 11 is 0. The molecule has 1 N–H and O–H groups in total. The summed E-state index contributed by atoms with van der Waals surface area (Å²) in [6, 6.07) is 1.75. The second kappa shape index (κ2) is 2.58. The standard InChI is InChI=1S/C9H8N2O2/c1-6-4-8-10-2-3-11(8)5-7(6)9(12)13/h2-5H,1H3,(H,12,13). The molecule has 0 aliphatic carbocycles. The third-order valence-electron chi connectivity index (χ3n) is 1.97. The lowest BCUT2D eigenvalue weighted by Crippen LogP contribution is -2.01. The van der Waals surface area contributed by atoms with Crippen molar-refractivity contribution in [1.82, 2.24) is 9.38 Å². The Hall–Kier alpha value is -1.84. The Morgan fingerprint density at radius 1 is 1.62 bits per heavy atom. The molecule has 0 aliphatic rings. The van der Waals surface area contributed by atoms with Gasteiger partial charge in [-0.15, -0.1) is 0 Å². The summed E-state index contributed by atoms with van der Waals surface area (Å²) in [4.78, 5) is 14.8. The maximum atomic E-state index is 10.8. The van der Waals surface area contributed by atoms with E-state index in [-0.39, 0.29) is 0 Å². The third kappa shape index (κ3) is 1.16. The highest BCUT2D eigenvalue weighted by Crippen LogP contribution is 2.10. The minimum absolute atomic E-state index is 0.311. The van der Waals surface area contributed by atoms with Gasteiger partial charge in [-0.3, -0.25) is 0 Å². The molecule has 0 aromatic carbocycles. The second-order valence-electron chi connectivity index (χ2n) is 2.87. The largest absolute Gasteiger partial charge is 0.478 e. The van der Waals surface area contributed by atoms with Crippen molar-refractivity contribution in [3.05, 3.63) is 35.8 Å². The molecule has 0 aliphatic heterocycles. The van der Waals surface area contributed by atoms with Crippen molar-refractivity contribution in [2.24, 2.45) is 0 Å². The highest BCUT2D eigenvalue weighted by atomic mass is 16.4. The van der Waals surface area contributed by atoms with Gasteiger partial charge in [0.05, 0.1) is 5.56 Å². The van der Waals surface area contributed by atoms with Crippen LogP contribution in [-0.4, -0.2) is 20.5 Å². The molecule has 2 heterocycles. The summed E-state index contributed by atoms with van der Waals surface area (Å²) in [5.74, 6) is -0.909. The summed E-state index contributed by atoms with van der Waals surface area (Å²) in [5.41, 5.74) is 1.80. The normalized spacial score (nSPS) is 10.5. The van der Waals surface area contributed by atoms with E-state index in [2.05, 4.69) is 4.98 Å². The van der Waals surface area contributed by atoms with E-state index < -0.39 is 5.97 Å². The summed E-state index contributed by atoms with van der Waals surface area (Å²) in [6.45, 7) is 1.76. The second-order valence-corrected chi connectivity index (χ2v) is 2.87. The van der Waals surface area contributed by atoms with Crippen LogP contribution < -0.4 is 0 Å². The van der Waals surface area contributed by atoms with Gasteiger partial charge in [-0.05, 0) is 18.6 Å². The highest BCUT2D eigenvalue weighted by Gasteiger charge is 2.08. The Morgan fingerprint density at radius 2 is 2.38 bits per heavy atom. The fourth-order valence-electron chi connectivity index (χ4n) is 1.28. The number of hydrogen-bond acceptors (Lipinski definition) is 2. The van der Waals surface area contributed by atoms with Crippen LogP contribution in [0.15, 0.2) is 24.7 Å². The van der Waals surface area contributed by atoms with E-state index in [0.717, 1.165) is 11.2 Å². The Morgan fingerprint density at radius 3 is 3.08 bits per heavy atom. The van der Waals surface area contributed by atoms with E-state index >= 15 is 0 Å². The fraction of sp³-hybridized carbons (Fsp3) is 0.111. The first kappa shape index (κ1) is 7.79. The van der Waals surface area contributed by atoms with E-state index in [4.69, 9.17) is 5.11 Å². The van der Waals surface area contributed by atoms with Gasteiger partial charge in [-0.25, -0.2) is 9.78 Å². The van der Waals surface area contributed by atoms with Crippen LogP contribution >= 0.6 is 0 Å². The van der Waals surface area contributed by atoms with Gasteiger partial charge in [0.25, 0.3) is 0 Å². The summed E-state index contributed by atoms with van der Waals surface area (Å²) in [6.07, 6.45) is 4.93. The number of carboxylic acids is 1. The molecule has 2 aromatic rings. The fourth-order valence-corrected chi connectivity index (χ4v) is 1.28. The number of aryl methyl sites for hydroxylation is 1. The molecule has 0 atom stereocenters. The van der Waals surface area contributed by atoms with Crippen LogP contribution in [0.5, 0.6) is 0 Å². The number of aromatic carboxylic acids is 1. The topological polar surface area (TPSA) is 54.6 Å². The lowest BCUT2D eigenvalue weighted by atomic mass is 10.1. The average Bonchev–Trinajstić information content (AvgIpc) is 2.48. The highest BCUT2D eigenvalue weighted by molar-refractivity contribution is 5.89.